The third-order valence-electron chi connectivity index (χ3n) is 6.95. The van der Waals surface area contributed by atoms with Gasteiger partial charge in [-0.3, -0.25) is 9.59 Å². The summed E-state index contributed by atoms with van der Waals surface area (Å²) in [6.45, 7) is 2.56. The molecule has 12 nitrogen and oxygen atoms in total. The van der Waals surface area contributed by atoms with E-state index in [9.17, 15) is 19.8 Å². The number of likely N-dealkylation sites (tertiary alicyclic amines) is 1. The second kappa shape index (κ2) is 13.1. The number of fused-ring (bicyclic) bond motifs is 1. The van der Waals surface area contributed by atoms with Crippen LogP contribution in [0, 0.1) is 0 Å². The van der Waals surface area contributed by atoms with Crippen molar-refractivity contribution in [2.24, 2.45) is 7.05 Å². The Morgan fingerprint density at radius 3 is 2.64 bits per heavy atom. The number of aliphatic hydroxyl groups is 2. The van der Waals surface area contributed by atoms with E-state index in [0.717, 1.165) is 24.4 Å². The molecule has 1 atom stereocenters. The maximum absolute atomic E-state index is 13.6. The first-order chi connectivity index (χ1) is 20.2. The molecule has 1 fully saturated rings. The molecule has 4 N–H and O–H groups in total. The predicted octanol–water partition coefficient (Wildman–Crippen LogP) is 2.45. The molecule has 5 rings (SSSR count). The molecular weight excluding hydrogens is 585 g/mol. The van der Waals surface area contributed by atoms with Gasteiger partial charge in [0.15, 0.2) is 5.65 Å². The van der Waals surface area contributed by atoms with Crippen molar-refractivity contribution < 1.29 is 19.8 Å². The minimum Gasteiger partial charge on any atom is -0.406 e. The SMILES string of the molecule is Cn1cc(Nc2ncc3cc(-c4c(Cl)cccc4Cl)c(=O)n(OC[C@@H](O)CO)c3n2)cc1C(=O)NCCN1CCCC1. The van der Waals surface area contributed by atoms with E-state index in [0.29, 0.717) is 28.9 Å². The van der Waals surface area contributed by atoms with Crippen molar-refractivity contribution in [1.29, 1.82) is 0 Å². The Bertz CT molecular complexity index is 1630. The van der Waals surface area contributed by atoms with Crippen LogP contribution in [0.5, 0.6) is 0 Å². The van der Waals surface area contributed by atoms with Crippen LogP contribution in [0.2, 0.25) is 10.0 Å². The molecule has 14 heteroatoms. The first-order valence-corrected chi connectivity index (χ1v) is 14.2. The largest absolute Gasteiger partial charge is 0.406 e. The van der Waals surface area contributed by atoms with Crippen molar-refractivity contribution in [1.82, 2.24) is 29.5 Å². The molecule has 0 saturated carbocycles. The lowest BCUT2D eigenvalue weighted by atomic mass is 10.1. The maximum atomic E-state index is 13.6. The van der Waals surface area contributed by atoms with Gasteiger partial charge in [0.05, 0.1) is 27.9 Å². The second-order valence-electron chi connectivity index (χ2n) is 10.0. The number of carbonyl (C=O) groups excluding carboxylic acids is 1. The minimum atomic E-state index is -1.23. The van der Waals surface area contributed by atoms with Gasteiger partial charge in [0.1, 0.15) is 18.4 Å². The summed E-state index contributed by atoms with van der Waals surface area (Å²) < 4.78 is 2.61. The van der Waals surface area contributed by atoms with E-state index in [1.54, 1.807) is 48.1 Å². The summed E-state index contributed by atoms with van der Waals surface area (Å²) in [5, 5.41) is 26.1. The molecule has 4 aromatic rings. The zero-order valence-corrected chi connectivity index (χ0v) is 24.4. The van der Waals surface area contributed by atoms with Gasteiger partial charge in [0.2, 0.25) is 5.95 Å². The number of aromatic nitrogens is 4. The fourth-order valence-electron chi connectivity index (χ4n) is 4.81. The van der Waals surface area contributed by atoms with Crippen LogP contribution < -0.4 is 21.0 Å². The van der Waals surface area contributed by atoms with E-state index < -0.39 is 18.3 Å². The maximum Gasteiger partial charge on any atom is 0.293 e. The second-order valence-corrected chi connectivity index (χ2v) is 10.8. The molecule has 1 aliphatic rings. The summed E-state index contributed by atoms with van der Waals surface area (Å²) in [6, 6.07) is 8.12. The van der Waals surface area contributed by atoms with Gasteiger partial charge in [-0.05, 0) is 50.2 Å². The zero-order valence-electron chi connectivity index (χ0n) is 22.9. The van der Waals surface area contributed by atoms with Crippen LogP contribution in [0.3, 0.4) is 0 Å². The lowest BCUT2D eigenvalue weighted by Crippen LogP contribution is -2.34. The molecule has 222 valence electrons. The molecule has 3 aromatic heterocycles. The van der Waals surface area contributed by atoms with E-state index in [4.69, 9.17) is 28.0 Å². The highest BCUT2D eigenvalue weighted by atomic mass is 35.5. The summed E-state index contributed by atoms with van der Waals surface area (Å²) in [6.07, 6.45) is 4.38. The standard InChI is InChI=1S/C28H31Cl2N7O5/c1-35-14-18(12-23(35)26(40)31-7-10-36-8-2-3-9-36)33-28-32-13-17-11-20(24-21(29)5-4-6-22(24)30)27(41)37(25(17)34-28)42-16-19(39)15-38/h4-6,11-14,19,38-39H,2-3,7-10,15-16H2,1H3,(H,31,40)(H,32,33,34)/t19-/m0/s1. The first-order valence-electron chi connectivity index (χ1n) is 13.5. The molecule has 0 spiro atoms. The van der Waals surface area contributed by atoms with E-state index in [1.807, 2.05) is 0 Å². The van der Waals surface area contributed by atoms with Crippen molar-refractivity contribution in [2.45, 2.75) is 18.9 Å². The van der Waals surface area contributed by atoms with Gasteiger partial charge in [-0.1, -0.05) is 29.3 Å². The van der Waals surface area contributed by atoms with Gasteiger partial charge >= 0.3 is 0 Å². The number of pyridine rings is 1. The number of aryl methyl sites for hydroxylation is 1. The van der Waals surface area contributed by atoms with E-state index in [-0.39, 0.29) is 39.7 Å². The lowest BCUT2D eigenvalue weighted by Gasteiger charge is -2.16. The molecular formula is C28H31Cl2N7O5. The number of hydrogen-bond acceptors (Lipinski definition) is 9. The van der Waals surface area contributed by atoms with Crippen LogP contribution in [0.25, 0.3) is 22.2 Å². The van der Waals surface area contributed by atoms with Crippen LogP contribution in [0.1, 0.15) is 23.3 Å². The lowest BCUT2D eigenvalue weighted by molar-refractivity contribution is 0.0000179. The highest BCUT2D eigenvalue weighted by molar-refractivity contribution is 6.39. The van der Waals surface area contributed by atoms with Crippen LogP contribution in [-0.2, 0) is 7.05 Å². The summed E-state index contributed by atoms with van der Waals surface area (Å²) >= 11 is 12.8. The van der Waals surface area contributed by atoms with Crippen molar-refractivity contribution in [3.8, 4) is 11.1 Å². The quantitative estimate of drug-likeness (QED) is 0.200. The molecule has 0 aliphatic carbocycles. The van der Waals surface area contributed by atoms with Crippen molar-refractivity contribution >= 4 is 51.8 Å². The summed E-state index contributed by atoms with van der Waals surface area (Å²) in [4.78, 5) is 43.2. The molecule has 0 unspecified atom stereocenters. The van der Waals surface area contributed by atoms with Crippen LogP contribution in [-0.4, -0.2) is 85.8 Å². The highest BCUT2D eigenvalue weighted by Crippen LogP contribution is 2.34. The third-order valence-corrected chi connectivity index (χ3v) is 7.58. The Kier molecular flexibility index (Phi) is 9.29. The molecule has 0 bridgehead atoms. The Morgan fingerprint density at radius 1 is 1.19 bits per heavy atom. The topological polar surface area (TPSA) is 147 Å². The Hall–Kier alpha value is -3.68. The molecule has 1 amide bonds. The number of amides is 1. The minimum absolute atomic E-state index is 0.102. The zero-order chi connectivity index (χ0) is 29.8. The number of halogens is 2. The molecule has 1 aliphatic heterocycles. The van der Waals surface area contributed by atoms with Gasteiger partial charge in [-0.25, -0.2) is 4.98 Å². The molecule has 4 heterocycles. The Balaban J connectivity index is 1.43. The molecule has 1 aromatic carbocycles. The molecule has 0 radical (unpaired) electrons. The number of benzene rings is 1. The number of hydrogen-bond donors (Lipinski definition) is 4. The number of carbonyl (C=O) groups is 1. The van der Waals surface area contributed by atoms with Crippen molar-refractivity contribution in [2.75, 3.05) is 44.7 Å². The van der Waals surface area contributed by atoms with Crippen LogP contribution in [0.15, 0.2) is 47.5 Å². The molecule has 42 heavy (non-hydrogen) atoms. The van der Waals surface area contributed by atoms with Gasteiger partial charge in [0, 0.05) is 43.5 Å². The fourth-order valence-corrected chi connectivity index (χ4v) is 5.41. The summed E-state index contributed by atoms with van der Waals surface area (Å²) in [5.41, 5.74) is 0.950. The van der Waals surface area contributed by atoms with Gasteiger partial charge in [-0.2, -0.15) is 4.98 Å². The average molecular weight is 617 g/mol. The van der Waals surface area contributed by atoms with Crippen LogP contribution in [0.4, 0.5) is 11.6 Å². The smallest absolute Gasteiger partial charge is 0.293 e. The molecule has 1 saturated heterocycles. The first kappa shape index (κ1) is 29.8. The normalized spacial score (nSPS) is 14.3. The van der Waals surface area contributed by atoms with Gasteiger partial charge in [0.25, 0.3) is 11.5 Å². The number of anilines is 2. The fraction of sp³-hybridized carbons (Fsp3) is 0.357. The summed E-state index contributed by atoms with van der Waals surface area (Å²) in [7, 11) is 1.77. The van der Waals surface area contributed by atoms with Crippen LogP contribution >= 0.6 is 23.2 Å². The Labute approximate surface area is 251 Å². The van der Waals surface area contributed by atoms with Crippen molar-refractivity contribution in [3.63, 3.8) is 0 Å². The monoisotopic (exact) mass is 615 g/mol. The predicted molar refractivity (Wildman–Crippen MR) is 160 cm³/mol. The van der Waals surface area contributed by atoms with E-state index in [1.165, 1.54) is 19.0 Å². The van der Waals surface area contributed by atoms with Gasteiger partial charge < -0.3 is 35.2 Å². The van der Waals surface area contributed by atoms with Crippen molar-refractivity contribution in [3.05, 3.63) is 68.8 Å². The number of aliphatic hydroxyl groups excluding tert-OH is 2. The number of nitrogens with one attached hydrogen (secondary N) is 2. The average Bonchev–Trinajstić information content (AvgIpc) is 3.62. The third kappa shape index (κ3) is 6.53. The van der Waals surface area contributed by atoms with E-state index >= 15 is 0 Å². The van der Waals surface area contributed by atoms with Gasteiger partial charge in [-0.15, -0.1) is 4.73 Å². The number of rotatable bonds is 11. The Morgan fingerprint density at radius 2 is 1.93 bits per heavy atom. The summed E-state index contributed by atoms with van der Waals surface area (Å²) in [5.74, 6) is -0.0586. The number of nitrogens with zero attached hydrogens (tertiary/aromatic N) is 5. The highest BCUT2D eigenvalue weighted by Gasteiger charge is 2.20. The van der Waals surface area contributed by atoms with E-state index in [2.05, 4.69) is 25.5 Å².